The zero-order valence-electron chi connectivity index (χ0n) is 9.51. The van der Waals surface area contributed by atoms with Crippen LogP contribution in [0, 0.1) is 6.92 Å². The maximum absolute atomic E-state index is 11.9. The molecule has 1 atom stereocenters. The molecule has 17 heavy (non-hydrogen) atoms. The second kappa shape index (κ2) is 5.12. The normalized spacial score (nSPS) is 12.1. The molecule has 1 unspecified atom stereocenters. The van der Waals surface area contributed by atoms with Crippen LogP contribution in [-0.2, 0) is 4.79 Å². The average Bonchev–Trinajstić information content (AvgIpc) is 2.82. The molecule has 4 heteroatoms. The van der Waals surface area contributed by atoms with Crippen molar-refractivity contribution in [1.29, 1.82) is 0 Å². The molecule has 0 saturated carbocycles. The first kappa shape index (κ1) is 11.8. The summed E-state index contributed by atoms with van der Waals surface area (Å²) in [4.78, 5) is 11.9. The summed E-state index contributed by atoms with van der Waals surface area (Å²) in [6, 6.07) is 8.89. The highest BCUT2D eigenvalue weighted by Crippen LogP contribution is 2.16. The molecule has 0 aliphatic heterocycles. The minimum atomic E-state index is -0.629. The van der Waals surface area contributed by atoms with Crippen LogP contribution < -0.4 is 11.1 Å². The number of thiophene rings is 1. The number of carbonyl (C=O) groups is 1. The molecule has 0 saturated heterocycles. The van der Waals surface area contributed by atoms with Crippen LogP contribution in [0.5, 0.6) is 0 Å². The zero-order valence-corrected chi connectivity index (χ0v) is 10.3. The lowest BCUT2D eigenvalue weighted by atomic mass is 10.1. The van der Waals surface area contributed by atoms with Crippen LogP contribution in [0.15, 0.2) is 41.1 Å². The number of amides is 1. The quantitative estimate of drug-likeness (QED) is 0.874. The van der Waals surface area contributed by atoms with Gasteiger partial charge in [-0.25, -0.2) is 0 Å². The van der Waals surface area contributed by atoms with Gasteiger partial charge in [0.05, 0.1) is 5.69 Å². The summed E-state index contributed by atoms with van der Waals surface area (Å²) in [6.07, 6.45) is 0. The van der Waals surface area contributed by atoms with Gasteiger partial charge in [0.15, 0.2) is 0 Å². The number of carbonyl (C=O) groups excluding carboxylic acids is 1. The van der Waals surface area contributed by atoms with Crippen molar-refractivity contribution in [3.8, 4) is 0 Å². The van der Waals surface area contributed by atoms with E-state index in [0.29, 0.717) is 0 Å². The number of hydrogen-bond acceptors (Lipinski definition) is 3. The Bertz CT molecular complexity index is 491. The van der Waals surface area contributed by atoms with E-state index in [0.717, 1.165) is 16.8 Å². The van der Waals surface area contributed by atoms with Gasteiger partial charge in [-0.15, -0.1) is 0 Å². The third kappa shape index (κ3) is 2.93. The van der Waals surface area contributed by atoms with Gasteiger partial charge in [0.1, 0.15) is 6.04 Å². The standard InChI is InChI=1S/C13H14N2OS/c1-9-2-4-10(5-3-9)12(14)13(16)15-11-6-7-17-8-11/h2-8,12H,14H2,1H3,(H,15,16). The number of nitrogens with one attached hydrogen (secondary N) is 1. The van der Waals surface area contributed by atoms with Crippen LogP contribution in [0.4, 0.5) is 5.69 Å². The molecule has 1 heterocycles. The number of benzene rings is 1. The minimum absolute atomic E-state index is 0.188. The second-order valence-corrected chi connectivity index (χ2v) is 4.67. The van der Waals surface area contributed by atoms with Gasteiger partial charge in [-0.2, -0.15) is 11.3 Å². The number of rotatable bonds is 3. The molecule has 0 radical (unpaired) electrons. The number of hydrogen-bond donors (Lipinski definition) is 2. The Morgan fingerprint density at radius 2 is 2.00 bits per heavy atom. The molecule has 0 aliphatic rings. The summed E-state index contributed by atoms with van der Waals surface area (Å²) in [5, 5.41) is 6.57. The molecular formula is C13H14N2OS. The van der Waals surface area contributed by atoms with E-state index in [9.17, 15) is 4.79 Å². The molecular weight excluding hydrogens is 232 g/mol. The number of nitrogens with two attached hydrogens (primary N) is 1. The molecule has 0 bridgehead atoms. The van der Waals surface area contributed by atoms with Crippen molar-refractivity contribution in [2.24, 2.45) is 5.73 Å². The van der Waals surface area contributed by atoms with Gasteiger partial charge < -0.3 is 11.1 Å². The van der Waals surface area contributed by atoms with E-state index in [1.54, 1.807) is 0 Å². The van der Waals surface area contributed by atoms with E-state index >= 15 is 0 Å². The highest BCUT2D eigenvalue weighted by Gasteiger charge is 2.15. The Hall–Kier alpha value is -1.65. The Labute approximate surface area is 104 Å². The lowest BCUT2D eigenvalue weighted by Crippen LogP contribution is -2.27. The van der Waals surface area contributed by atoms with Crippen LogP contribution in [0.1, 0.15) is 17.2 Å². The second-order valence-electron chi connectivity index (χ2n) is 3.89. The summed E-state index contributed by atoms with van der Waals surface area (Å²) in [5.74, 6) is -0.188. The summed E-state index contributed by atoms with van der Waals surface area (Å²) < 4.78 is 0. The third-order valence-corrected chi connectivity index (χ3v) is 3.19. The summed E-state index contributed by atoms with van der Waals surface area (Å²) in [7, 11) is 0. The minimum Gasteiger partial charge on any atom is -0.324 e. The lowest BCUT2D eigenvalue weighted by Gasteiger charge is -2.11. The first-order valence-corrected chi connectivity index (χ1v) is 6.26. The summed E-state index contributed by atoms with van der Waals surface area (Å²) >= 11 is 1.54. The van der Waals surface area contributed by atoms with Gasteiger partial charge in [-0.05, 0) is 23.9 Å². The fourth-order valence-corrected chi connectivity index (χ4v) is 2.07. The maximum atomic E-state index is 11.9. The SMILES string of the molecule is Cc1ccc(C(N)C(=O)Nc2ccsc2)cc1. The predicted molar refractivity (Wildman–Crippen MR) is 71.1 cm³/mol. The molecule has 0 aliphatic carbocycles. The Kier molecular flexibility index (Phi) is 3.56. The molecule has 3 N–H and O–H groups in total. The van der Waals surface area contributed by atoms with Crippen molar-refractivity contribution in [1.82, 2.24) is 0 Å². The number of aryl methyl sites for hydroxylation is 1. The highest BCUT2D eigenvalue weighted by atomic mass is 32.1. The van der Waals surface area contributed by atoms with Crippen molar-refractivity contribution in [3.05, 3.63) is 52.2 Å². The Morgan fingerprint density at radius 1 is 1.29 bits per heavy atom. The molecule has 0 spiro atoms. The van der Waals surface area contributed by atoms with Crippen molar-refractivity contribution < 1.29 is 4.79 Å². The molecule has 2 aromatic rings. The van der Waals surface area contributed by atoms with Crippen LogP contribution in [0.3, 0.4) is 0 Å². The summed E-state index contributed by atoms with van der Waals surface area (Å²) in [6.45, 7) is 2.00. The monoisotopic (exact) mass is 246 g/mol. The van der Waals surface area contributed by atoms with Gasteiger partial charge in [0.25, 0.3) is 0 Å². The topological polar surface area (TPSA) is 55.1 Å². The van der Waals surface area contributed by atoms with E-state index in [2.05, 4.69) is 5.32 Å². The maximum Gasteiger partial charge on any atom is 0.245 e. The van der Waals surface area contributed by atoms with E-state index < -0.39 is 6.04 Å². The van der Waals surface area contributed by atoms with Crippen molar-refractivity contribution in [2.45, 2.75) is 13.0 Å². The van der Waals surface area contributed by atoms with E-state index in [1.807, 2.05) is 48.0 Å². The van der Waals surface area contributed by atoms with Crippen molar-refractivity contribution >= 4 is 22.9 Å². The van der Waals surface area contributed by atoms with Gasteiger partial charge in [0.2, 0.25) is 5.91 Å². The number of anilines is 1. The van der Waals surface area contributed by atoms with Crippen LogP contribution in [-0.4, -0.2) is 5.91 Å². The largest absolute Gasteiger partial charge is 0.324 e. The van der Waals surface area contributed by atoms with E-state index in [4.69, 9.17) is 5.73 Å². The van der Waals surface area contributed by atoms with Gasteiger partial charge in [-0.3, -0.25) is 4.79 Å². The fraction of sp³-hybridized carbons (Fsp3) is 0.154. The third-order valence-electron chi connectivity index (χ3n) is 2.51. The van der Waals surface area contributed by atoms with E-state index in [1.165, 1.54) is 11.3 Å². The average molecular weight is 246 g/mol. The summed E-state index contributed by atoms with van der Waals surface area (Å²) in [5.41, 5.74) is 8.67. The first-order valence-electron chi connectivity index (χ1n) is 5.32. The van der Waals surface area contributed by atoms with Gasteiger partial charge in [0, 0.05) is 5.38 Å². The highest BCUT2D eigenvalue weighted by molar-refractivity contribution is 7.08. The lowest BCUT2D eigenvalue weighted by molar-refractivity contribution is -0.117. The van der Waals surface area contributed by atoms with Crippen LogP contribution in [0.2, 0.25) is 0 Å². The van der Waals surface area contributed by atoms with Crippen molar-refractivity contribution in [2.75, 3.05) is 5.32 Å². The van der Waals surface area contributed by atoms with Gasteiger partial charge >= 0.3 is 0 Å². The van der Waals surface area contributed by atoms with Crippen LogP contribution >= 0.6 is 11.3 Å². The molecule has 3 nitrogen and oxygen atoms in total. The molecule has 1 amide bonds. The predicted octanol–water partition coefficient (Wildman–Crippen LogP) is 2.70. The first-order chi connectivity index (χ1) is 8.16. The molecule has 2 rings (SSSR count). The van der Waals surface area contributed by atoms with Crippen molar-refractivity contribution in [3.63, 3.8) is 0 Å². The van der Waals surface area contributed by atoms with E-state index in [-0.39, 0.29) is 5.91 Å². The molecule has 0 fully saturated rings. The van der Waals surface area contributed by atoms with Crippen LogP contribution in [0.25, 0.3) is 0 Å². The van der Waals surface area contributed by atoms with Gasteiger partial charge in [-0.1, -0.05) is 29.8 Å². The molecule has 1 aromatic carbocycles. The zero-order chi connectivity index (χ0) is 12.3. The Balaban J connectivity index is 2.07. The fourth-order valence-electron chi connectivity index (χ4n) is 1.48. The molecule has 1 aromatic heterocycles. The smallest absolute Gasteiger partial charge is 0.245 e. The Morgan fingerprint density at radius 3 is 2.59 bits per heavy atom. The molecule has 88 valence electrons.